The largest absolute Gasteiger partial charge is 0.461 e. The molecule has 0 bridgehead atoms. The fourth-order valence-electron chi connectivity index (χ4n) is 2.98. The first kappa shape index (κ1) is 18.5. The molecule has 3 aromatic rings. The Kier molecular flexibility index (Phi) is 4.02. The number of hydrogen-bond donors (Lipinski definition) is 0. The Balaban J connectivity index is 1.62. The van der Waals surface area contributed by atoms with Crippen LogP contribution in [0.2, 0.25) is 0 Å². The van der Waals surface area contributed by atoms with Crippen molar-refractivity contribution in [1.82, 2.24) is 24.6 Å². The van der Waals surface area contributed by atoms with Gasteiger partial charge in [0.1, 0.15) is 0 Å². The molecule has 4 rings (SSSR count). The molecule has 1 aliphatic carbocycles. The van der Waals surface area contributed by atoms with Crippen LogP contribution >= 0.6 is 0 Å². The third kappa shape index (κ3) is 3.04. The highest BCUT2D eigenvalue weighted by Crippen LogP contribution is 2.48. The van der Waals surface area contributed by atoms with E-state index in [1.54, 1.807) is 0 Å². The van der Waals surface area contributed by atoms with Crippen LogP contribution in [0.5, 0.6) is 5.88 Å². The van der Waals surface area contributed by atoms with Gasteiger partial charge in [-0.1, -0.05) is 0 Å². The molecule has 3 heterocycles. The number of hydrogen-bond acceptors (Lipinski definition) is 5. The van der Waals surface area contributed by atoms with Crippen molar-refractivity contribution in [3.05, 3.63) is 36.5 Å². The maximum absolute atomic E-state index is 13.6. The Morgan fingerprint density at radius 3 is 2.32 bits per heavy atom. The molecule has 28 heavy (non-hydrogen) atoms. The number of pyridine rings is 1. The van der Waals surface area contributed by atoms with Gasteiger partial charge >= 0.3 is 12.1 Å². The van der Waals surface area contributed by atoms with Gasteiger partial charge in [-0.15, -0.1) is 10.2 Å². The number of nitrogens with zero attached hydrogens (tertiary/aromatic N) is 5. The molecular formula is C17H14F5N5O. The SMILES string of the molecule is CC(F)(F)c1nnc2cnc(-c3ccc(OC4(C(F)(F)F)CCC4)nc3)cn12. The fraction of sp³-hybridized carbons (Fsp3) is 0.412. The average Bonchev–Trinajstić information content (AvgIpc) is 3.01. The number of halogens is 5. The van der Waals surface area contributed by atoms with Crippen LogP contribution in [0, 0.1) is 0 Å². The predicted molar refractivity (Wildman–Crippen MR) is 86.8 cm³/mol. The summed E-state index contributed by atoms with van der Waals surface area (Å²) in [5, 5.41) is 7.12. The van der Waals surface area contributed by atoms with E-state index < -0.39 is 23.5 Å². The highest BCUT2D eigenvalue weighted by atomic mass is 19.4. The lowest BCUT2D eigenvalue weighted by Crippen LogP contribution is -2.55. The molecule has 0 unspecified atom stereocenters. The molecule has 3 aromatic heterocycles. The van der Waals surface area contributed by atoms with Crippen LogP contribution in [0.25, 0.3) is 16.9 Å². The number of rotatable bonds is 4. The Morgan fingerprint density at radius 1 is 1.04 bits per heavy atom. The maximum atomic E-state index is 13.6. The summed E-state index contributed by atoms with van der Waals surface area (Å²) >= 11 is 0. The van der Waals surface area contributed by atoms with Crippen LogP contribution < -0.4 is 4.74 Å². The Labute approximate surface area is 155 Å². The molecule has 0 aromatic carbocycles. The van der Waals surface area contributed by atoms with Crippen molar-refractivity contribution in [3.8, 4) is 17.1 Å². The van der Waals surface area contributed by atoms with Gasteiger partial charge in [0.2, 0.25) is 17.3 Å². The quantitative estimate of drug-likeness (QED) is 0.617. The molecule has 0 atom stereocenters. The third-order valence-corrected chi connectivity index (χ3v) is 4.70. The zero-order valence-corrected chi connectivity index (χ0v) is 14.5. The minimum Gasteiger partial charge on any atom is -0.461 e. The summed E-state index contributed by atoms with van der Waals surface area (Å²) in [6.45, 7) is 0.703. The minimum absolute atomic E-state index is 0.111. The zero-order chi connectivity index (χ0) is 20.2. The van der Waals surface area contributed by atoms with Crippen molar-refractivity contribution in [2.75, 3.05) is 0 Å². The molecule has 148 valence electrons. The van der Waals surface area contributed by atoms with Crippen LogP contribution in [0.4, 0.5) is 22.0 Å². The Morgan fingerprint density at radius 2 is 1.79 bits per heavy atom. The first-order chi connectivity index (χ1) is 13.1. The molecule has 0 amide bonds. The Hall–Kier alpha value is -2.85. The third-order valence-electron chi connectivity index (χ3n) is 4.70. The van der Waals surface area contributed by atoms with Crippen molar-refractivity contribution in [2.45, 2.75) is 43.9 Å². The average molecular weight is 399 g/mol. The summed E-state index contributed by atoms with van der Waals surface area (Å²) < 4.78 is 73.1. The molecule has 1 aliphatic rings. The van der Waals surface area contributed by atoms with Gasteiger partial charge in [0, 0.05) is 30.9 Å². The fourth-order valence-corrected chi connectivity index (χ4v) is 2.98. The number of aromatic nitrogens is 5. The molecule has 1 fully saturated rings. The van der Waals surface area contributed by atoms with E-state index in [0.717, 1.165) is 4.40 Å². The van der Waals surface area contributed by atoms with E-state index in [0.29, 0.717) is 18.9 Å². The van der Waals surface area contributed by atoms with Gasteiger partial charge < -0.3 is 4.74 Å². The summed E-state index contributed by atoms with van der Waals surface area (Å²) in [6.07, 6.45) is -0.392. The lowest BCUT2D eigenvalue weighted by molar-refractivity contribution is -0.275. The zero-order valence-electron chi connectivity index (χ0n) is 14.5. The van der Waals surface area contributed by atoms with Crippen LogP contribution in [-0.4, -0.2) is 36.3 Å². The molecule has 0 spiro atoms. The van der Waals surface area contributed by atoms with Crippen molar-refractivity contribution in [1.29, 1.82) is 0 Å². The molecule has 0 N–H and O–H groups in total. The second-order valence-electron chi connectivity index (χ2n) is 6.75. The molecule has 11 heteroatoms. The highest BCUT2D eigenvalue weighted by molar-refractivity contribution is 5.59. The minimum atomic E-state index is -4.48. The molecular weight excluding hydrogens is 385 g/mol. The summed E-state index contributed by atoms with van der Waals surface area (Å²) in [5.41, 5.74) is -1.35. The van der Waals surface area contributed by atoms with Crippen molar-refractivity contribution >= 4 is 5.65 Å². The van der Waals surface area contributed by atoms with Crippen molar-refractivity contribution in [3.63, 3.8) is 0 Å². The van der Waals surface area contributed by atoms with Gasteiger partial charge in [-0.2, -0.15) is 22.0 Å². The monoisotopic (exact) mass is 399 g/mol. The van der Waals surface area contributed by atoms with E-state index in [-0.39, 0.29) is 30.1 Å². The molecule has 0 saturated heterocycles. The predicted octanol–water partition coefficient (Wildman–Crippen LogP) is 4.16. The van der Waals surface area contributed by atoms with Gasteiger partial charge in [-0.05, 0) is 25.3 Å². The second-order valence-corrected chi connectivity index (χ2v) is 6.75. The van der Waals surface area contributed by atoms with Crippen LogP contribution in [0.1, 0.15) is 32.0 Å². The van der Waals surface area contributed by atoms with E-state index in [1.807, 2.05) is 0 Å². The first-order valence-corrected chi connectivity index (χ1v) is 8.40. The van der Waals surface area contributed by atoms with E-state index in [1.165, 1.54) is 30.7 Å². The standard InChI is InChI=1S/C17H14F5N5O/c1-15(18,19)14-26-25-12-8-23-11(9-27(12)14)10-3-4-13(24-7-10)28-16(5-2-6-16)17(20,21)22/h3-4,7-9H,2,5-6H2,1H3. The first-order valence-electron chi connectivity index (χ1n) is 8.40. The van der Waals surface area contributed by atoms with Gasteiger partial charge in [0.15, 0.2) is 5.65 Å². The van der Waals surface area contributed by atoms with Crippen LogP contribution in [0.15, 0.2) is 30.7 Å². The molecule has 6 nitrogen and oxygen atoms in total. The Bertz CT molecular complexity index is 1010. The normalized spacial score (nSPS) is 16.8. The van der Waals surface area contributed by atoms with Gasteiger partial charge in [0.25, 0.3) is 0 Å². The van der Waals surface area contributed by atoms with E-state index in [2.05, 4.69) is 20.2 Å². The van der Waals surface area contributed by atoms with E-state index in [4.69, 9.17) is 4.74 Å². The second kappa shape index (κ2) is 6.08. The summed E-state index contributed by atoms with van der Waals surface area (Å²) in [4.78, 5) is 8.04. The van der Waals surface area contributed by atoms with Gasteiger partial charge in [-0.25, -0.2) is 4.98 Å². The summed E-state index contributed by atoms with van der Waals surface area (Å²) in [6, 6.07) is 2.77. The lowest BCUT2D eigenvalue weighted by atomic mass is 9.79. The van der Waals surface area contributed by atoms with Crippen LogP contribution in [-0.2, 0) is 5.92 Å². The lowest BCUT2D eigenvalue weighted by Gasteiger charge is -2.42. The van der Waals surface area contributed by atoms with Gasteiger partial charge in [0.05, 0.1) is 11.9 Å². The number of alkyl halides is 5. The number of ether oxygens (including phenoxy) is 1. The van der Waals surface area contributed by atoms with Crippen LogP contribution in [0.3, 0.4) is 0 Å². The van der Waals surface area contributed by atoms with Crippen molar-refractivity contribution in [2.24, 2.45) is 0 Å². The molecule has 0 radical (unpaired) electrons. The van der Waals surface area contributed by atoms with E-state index in [9.17, 15) is 22.0 Å². The number of fused-ring (bicyclic) bond motifs is 1. The van der Waals surface area contributed by atoms with E-state index >= 15 is 0 Å². The van der Waals surface area contributed by atoms with Crippen molar-refractivity contribution < 1.29 is 26.7 Å². The highest BCUT2D eigenvalue weighted by Gasteiger charge is 2.61. The molecule has 1 saturated carbocycles. The van der Waals surface area contributed by atoms with Gasteiger partial charge in [-0.3, -0.25) is 9.38 Å². The topological polar surface area (TPSA) is 65.2 Å². The molecule has 0 aliphatic heterocycles. The summed E-state index contributed by atoms with van der Waals surface area (Å²) in [7, 11) is 0. The smallest absolute Gasteiger partial charge is 0.428 e. The maximum Gasteiger partial charge on any atom is 0.428 e. The summed E-state index contributed by atoms with van der Waals surface area (Å²) in [5.74, 6) is -3.91.